The quantitative estimate of drug-likeness (QED) is 0.787. The molecule has 1 fully saturated rings. The van der Waals surface area contributed by atoms with Gasteiger partial charge >= 0.3 is 0 Å². The zero-order valence-corrected chi connectivity index (χ0v) is 11.4. The third-order valence-corrected chi connectivity index (χ3v) is 3.19. The molecule has 2 N–H and O–H groups in total. The lowest BCUT2D eigenvalue weighted by Gasteiger charge is -2.07. The van der Waals surface area contributed by atoms with Gasteiger partial charge in [-0.15, -0.1) is 11.6 Å². The average Bonchev–Trinajstić information content (AvgIpc) is 3.23. The van der Waals surface area contributed by atoms with E-state index in [0.29, 0.717) is 18.7 Å². The van der Waals surface area contributed by atoms with Crippen LogP contribution in [0.4, 0.5) is 11.4 Å². The predicted molar refractivity (Wildman–Crippen MR) is 76.4 cm³/mol. The van der Waals surface area contributed by atoms with Gasteiger partial charge in [0.2, 0.25) is 11.8 Å². The molecule has 1 aromatic carbocycles. The lowest BCUT2D eigenvalue weighted by Crippen LogP contribution is -2.14. The Kier molecular flexibility index (Phi) is 4.80. The Morgan fingerprint density at radius 3 is 2.21 bits per heavy atom. The number of rotatable bonds is 6. The summed E-state index contributed by atoms with van der Waals surface area (Å²) in [4.78, 5) is 23.1. The van der Waals surface area contributed by atoms with Crippen molar-refractivity contribution in [3.05, 3.63) is 24.3 Å². The maximum atomic E-state index is 11.6. The van der Waals surface area contributed by atoms with Crippen LogP contribution in [0.15, 0.2) is 24.3 Å². The number of alkyl halides is 1. The normalized spacial score (nSPS) is 13.9. The summed E-state index contributed by atoms with van der Waals surface area (Å²) < 4.78 is 0. The van der Waals surface area contributed by atoms with Crippen LogP contribution in [0.3, 0.4) is 0 Å². The van der Waals surface area contributed by atoms with Crippen molar-refractivity contribution in [2.75, 3.05) is 16.5 Å². The van der Waals surface area contributed by atoms with E-state index < -0.39 is 0 Å². The first-order valence-corrected chi connectivity index (χ1v) is 6.99. The summed E-state index contributed by atoms with van der Waals surface area (Å²) in [6, 6.07) is 7.14. The van der Waals surface area contributed by atoms with Crippen molar-refractivity contribution in [3.8, 4) is 0 Å². The fraction of sp³-hybridized carbons (Fsp3) is 0.429. The van der Waals surface area contributed by atoms with E-state index in [0.717, 1.165) is 24.2 Å². The number of carbonyl (C=O) groups excluding carboxylic acids is 2. The molecule has 0 saturated heterocycles. The fourth-order valence-corrected chi connectivity index (χ4v) is 1.81. The minimum absolute atomic E-state index is 0.0459. The van der Waals surface area contributed by atoms with Crippen LogP contribution < -0.4 is 10.6 Å². The van der Waals surface area contributed by atoms with Crippen molar-refractivity contribution in [1.29, 1.82) is 0 Å². The molecule has 0 aliphatic heterocycles. The minimum Gasteiger partial charge on any atom is -0.326 e. The molecule has 0 unspecified atom stereocenters. The Hall–Kier alpha value is -1.55. The first kappa shape index (κ1) is 13.9. The maximum absolute atomic E-state index is 11.6. The van der Waals surface area contributed by atoms with Gasteiger partial charge in [-0.25, -0.2) is 0 Å². The SMILES string of the molecule is O=C(CCCCl)Nc1ccc(NC(=O)C2CC2)cc1. The van der Waals surface area contributed by atoms with Crippen molar-refractivity contribution in [3.63, 3.8) is 0 Å². The number of amides is 2. The second-order valence-electron chi connectivity index (χ2n) is 4.68. The van der Waals surface area contributed by atoms with E-state index in [-0.39, 0.29) is 17.7 Å². The van der Waals surface area contributed by atoms with E-state index in [1.54, 1.807) is 24.3 Å². The highest BCUT2D eigenvalue weighted by atomic mass is 35.5. The molecule has 102 valence electrons. The molecular weight excluding hydrogens is 264 g/mol. The summed E-state index contributed by atoms with van der Waals surface area (Å²) in [6.07, 6.45) is 3.06. The van der Waals surface area contributed by atoms with Gasteiger partial charge in [0.25, 0.3) is 0 Å². The molecule has 1 aromatic rings. The van der Waals surface area contributed by atoms with Crippen LogP contribution in [-0.2, 0) is 9.59 Å². The molecule has 0 atom stereocenters. The van der Waals surface area contributed by atoms with Crippen LogP contribution in [0, 0.1) is 5.92 Å². The smallest absolute Gasteiger partial charge is 0.227 e. The summed E-state index contributed by atoms with van der Waals surface area (Å²) in [5, 5.41) is 5.63. The third-order valence-electron chi connectivity index (χ3n) is 2.92. The number of halogens is 1. The van der Waals surface area contributed by atoms with E-state index in [1.165, 1.54) is 0 Å². The topological polar surface area (TPSA) is 58.2 Å². The summed E-state index contributed by atoms with van der Waals surface area (Å²) >= 11 is 5.53. The number of hydrogen-bond acceptors (Lipinski definition) is 2. The molecule has 1 aliphatic rings. The second kappa shape index (κ2) is 6.57. The van der Waals surface area contributed by atoms with Crippen LogP contribution in [0.1, 0.15) is 25.7 Å². The molecule has 0 heterocycles. The highest BCUT2D eigenvalue weighted by molar-refractivity contribution is 6.18. The Bertz CT molecular complexity index is 455. The molecule has 1 aliphatic carbocycles. The molecule has 2 amide bonds. The fourth-order valence-electron chi connectivity index (χ4n) is 1.68. The van der Waals surface area contributed by atoms with Crippen molar-refractivity contribution >= 4 is 34.8 Å². The lowest BCUT2D eigenvalue weighted by molar-refractivity contribution is -0.117. The van der Waals surface area contributed by atoms with Gasteiger partial charge < -0.3 is 10.6 Å². The molecule has 2 rings (SSSR count). The van der Waals surface area contributed by atoms with E-state index >= 15 is 0 Å². The number of carbonyl (C=O) groups is 2. The van der Waals surface area contributed by atoms with Gasteiger partial charge in [0, 0.05) is 29.6 Å². The average molecular weight is 281 g/mol. The monoisotopic (exact) mass is 280 g/mol. The molecule has 0 spiro atoms. The predicted octanol–water partition coefficient (Wildman–Crippen LogP) is 2.99. The van der Waals surface area contributed by atoms with Crippen molar-refractivity contribution < 1.29 is 9.59 Å². The number of nitrogens with one attached hydrogen (secondary N) is 2. The Labute approximate surface area is 117 Å². The van der Waals surface area contributed by atoms with Crippen molar-refractivity contribution in [2.24, 2.45) is 5.92 Å². The number of benzene rings is 1. The Morgan fingerprint density at radius 1 is 1.11 bits per heavy atom. The maximum Gasteiger partial charge on any atom is 0.227 e. The lowest BCUT2D eigenvalue weighted by atomic mass is 10.2. The molecule has 0 aromatic heterocycles. The third kappa shape index (κ3) is 4.56. The van der Waals surface area contributed by atoms with E-state index in [9.17, 15) is 9.59 Å². The molecular formula is C14H17ClN2O2. The van der Waals surface area contributed by atoms with Crippen molar-refractivity contribution in [2.45, 2.75) is 25.7 Å². The molecule has 5 heteroatoms. The Morgan fingerprint density at radius 2 is 1.68 bits per heavy atom. The van der Waals surface area contributed by atoms with Crippen LogP contribution >= 0.6 is 11.6 Å². The number of hydrogen-bond donors (Lipinski definition) is 2. The molecule has 0 radical (unpaired) electrons. The van der Waals surface area contributed by atoms with Gasteiger partial charge in [-0.3, -0.25) is 9.59 Å². The first-order valence-electron chi connectivity index (χ1n) is 6.46. The molecule has 4 nitrogen and oxygen atoms in total. The van der Waals surface area contributed by atoms with Crippen molar-refractivity contribution in [1.82, 2.24) is 0 Å². The largest absolute Gasteiger partial charge is 0.326 e. The van der Waals surface area contributed by atoms with Crippen LogP contribution in [-0.4, -0.2) is 17.7 Å². The summed E-state index contributed by atoms with van der Waals surface area (Å²) in [7, 11) is 0. The first-order chi connectivity index (χ1) is 9.19. The van der Waals surface area contributed by atoms with Gasteiger partial charge in [0.05, 0.1) is 0 Å². The van der Waals surface area contributed by atoms with Gasteiger partial charge in [-0.2, -0.15) is 0 Å². The van der Waals surface area contributed by atoms with Crippen LogP contribution in [0.25, 0.3) is 0 Å². The van der Waals surface area contributed by atoms with Crippen LogP contribution in [0.5, 0.6) is 0 Å². The molecule has 19 heavy (non-hydrogen) atoms. The summed E-state index contributed by atoms with van der Waals surface area (Å²) in [5.74, 6) is 0.712. The molecule has 1 saturated carbocycles. The standard InChI is InChI=1S/C14H17ClN2O2/c15-9-1-2-13(18)16-11-5-7-12(8-6-11)17-14(19)10-3-4-10/h5-8,10H,1-4,9H2,(H,16,18)(H,17,19). The van der Waals surface area contributed by atoms with Crippen LogP contribution in [0.2, 0.25) is 0 Å². The van der Waals surface area contributed by atoms with E-state index in [2.05, 4.69) is 10.6 Å². The zero-order chi connectivity index (χ0) is 13.7. The summed E-state index contributed by atoms with van der Waals surface area (Å²) in [6.45, 7) is 0. The van der Waals surface area contributed by atoms with Gasteiger partial charge in [0.1, 0.15) is 0 Å². The Balaban J connectivity index is 1.83. The molecule has 0 bridgehead atoms. The van der Waals surface area contributed by atoms with Gasteiger partial charge in [0.15, 0.2) is 0 Å². The highest BCUT2D eigenvalue weighted by Crippen LogP contribution is 2.30. The number of anilines is 2. The van der Waals surface area contributed by atoms with Gasteiger partial charge in [-0.1, -0.05) is 0 Å². The second-order valence-corrected chi connectivity index (χ2v) is 5.06. The van der Waals surface area contributed by atoms with Gasteiger partial charge in [-0.05, 0) is 43.5 Å². The van der Waals surface area contributed by atoms with E-state index in [1.807, 2.05) is 0 Å². The zero-order valence-electron chi connectivity index (χ0n) is 10.6. The van der Waals surface area contributed by atoms with E-state index in [4.69, 9.17) is 11.6 Å². The summed E-state index contributed by atoms with van der Waals surface area (Å²) in [5.41, 5.74) is 1.49. The highest BCUT2D eigenvalue weighted by Gasteiger charge is 2.29. The minimum atomic E-state index is -0.0459.